The summed E-state index contributed by atoms with van der Waals surface area (Å²) in [6, 6.07) is 10.6. The molecule has 20 heavy (non-hydrogen) atoms. The largest absolute Gasteiger partial charge is 0.381 e. The third-order valence-electron chi connectivity index (χ3n) is 2.73. The predicted molar refractivity (Wildman–Crippen MR) is 86.4 cm³/mol. The van der Waals surface area contributed by atoms with Crippen LogP contribution >= 0.6 is 39.1 Å². The average Bonchev–Trinajstić information content (AvgIpc) is 2.37. The van der Waals surface area contributed by atoms with Crippen molar-refractivity contribution in [3.8, 4) is 0 Å². The minimum absolute atomic E-state index is 0.310. The Balaban J connectivity index is 2.11. The number of hydrogen-bond donors (Lipinski definition) is 2. The molecule has 0 saturated heterocycles. The Morgan fingerprint density at radius 2 is 1.95 bits per heavy atom. The molecule has 0 unspecified atom stereocenters. The van der Waals surface area contributed by atoms with Gasteiger partial charge in [-0.05, 0) is 35.9 Å². The number of hydrogen-bond acceptors (Lipinski definition) is 2. The van der Waals surface area contributed by atoms with Crippen LogP contribution in [-0.4, -0.2) is 5.91 Å². The van der Waals surface area contributed by atoms with E-state index < -0.39 is 5.91 Å². The van der Waals surface area contributed by atoms with Crippen molar-refractivity contribution in [2.24, 2.45) is 5.73 Å². The summed E-state index contributed by atoms with van der Waals surface area (Å²) in [5.74, 6) is -0.540. The van der Waals surface area contributed by atoms with Crippen LogP contribution in [0.5, 0.6) is 0 Å². The Labute approximate surface area is 135 Å². The van der Waals surface area contributed by atoms with Crippen LogP contribution in [0.2, 0.25) is 10.0 Å². The van der Waals surface area contributed by atoms with Crippen LogP contribution in [0.4, 0.5) is 5.69 Å². The number of nitrogens with two attached hydrogens (primary N) is 1. The SMILES string of the molecule is NC(=O)c1ccc(NCc2ccc(Cl)cc2Br)cc1Cl. The van der Waals surface area contributed by atoms with Crippen LogP contribution in [0.25, 0.3) is 0 Å². The van der Waals surface area contributed by atoms with Crippen LogP contribution in [0.3, 0.4) is 0 Å². The quantitative estimate of drug-likeness (QED) is 0.830. The van der Waals surface area contributed by atoms with Crippen molar-refractivity contribution in [2.75, 3.05) is 5.32 Å². The summed E-state index contributed by atoms with van der Waals surface area (Å²) < 4.78 is 0.928. The number of anilines is 1. The number of nitrogens with one attached hydrogen (secondary N) is 1. The van der Waals surface area contributed by atoms with Crippen LogP contribution in [0.1, 0.15) is 15.9 Å². The Kier molecular flexibility index (Phi) is 4.91. The van der Waals surface area contributed by atoms with Gasteiger partial charge in [-0.3, -0.25) is 4.79 Å². The maximum atomic E-state index is 11.1. The van der Waals surface area contributed by atoms with E-state index in [4.69, 9.17) is 28.9 Å². The minimum Gasteiger partial charge on any atom is -0.381 e. The van der Waals surface area contributed by atoms with Crippen molar-refractivity contribution in [2.45, 2.75) is 6.54 Å². The van der Waals surface area contributed by atoms with Crippen LogP contribution in [0, 0.1) is 0 Å². The van der Waals surface area contributed by atoms with Crippen LogP contribution in [0.15, 0.2) is 40.9 Å². The molecule has 0 aliphatic carbocycles. The van der Waals surface area contributed by atoms with E-state index in [9.17, 15) is 4.79 Å². The van der Waals surface area contributed by atoms with E-state index in [0.29, 0.717) is 22.2 Å². The number of carbonyl (C=O) groups is 1. The predicted octanol–water partition coefficient (Wildman–Crippen LogP) is 4.47. The summed E-state index contributed by atoms with van der Waals surface area (Å²) in [7, 11) is 0. The van der Waals surface area contributed by atoms with Gasteiger partial charge in [-0.25, -0.2) is 0 Å². The van der Waals surface area contributed by atoms with E-state index in [0.717, 1.165) is 15.7 Å². The van der Waals surface area contributed by atoms with E-state index in [1.54, 1.807) is 18.2 Å². The zero-order valence-corrected chi connectivity index (χ0v) is 13.4. The van der Waals surface area contributed by atoms with E-state index in [1.165, 1.54) is 0 Å². The standard InChI is InChI=1S/C14H11BrCl2N2O/c15-12-5-9(16)2-1-8(12)7-19-10-3-4-11(14(18)20)13(17)6-10/h1-6,19H,7H2,(H2,18,20). The molecule has 104 valence electrons. The van der Waals surface area contributed by atoms with Gasteiger partial charge in [-0.2, -0.15) is 0 Å². The van der Waals surface area contributed by atoms with Crippen molar-refractivity contribution >= 4 is 50.7 Å². The number of carbonyl (C=O) groups excluding carboxylic acids is 1. The lowest BCUT2D eigenvalue weighted by Crippen LogP contribution is -2.11. The third kappa shape index (κ3) is 3.66. The molecular weight excluding hydrogens is 363 g/mol. The van der Waals surface area contributed by atoms with Gasteiger partial charge in [0.1, 0.15) is 0 Å². The molecule has 0 saturated carbocycles. The molecule has 0 bridgehead atoms. The summed E-state index contributed by atoms with van der Waals surface area (Å²) in [6.07, 6.45) is 0. The van der Waals surface area contributed by atoms with Gasteiger partial charge < -0.3 is 11.1 Å². The molecule has 2 aromatic rings. The maximum absolute atomic E-state index is 11.1. The second-order valence-electron chi connectivity index (χ2n) is 4.15. The Bertz CT molecular complexity index is 662. The fraction of sp³-hybridized carbons (Fsp3) is 0.0714. The molecule has 0 aromatic heterocycles. The summed E-state index contributed by atoms with van der Waals surface area (Å²) in [4.78, 5) is 11.1. The molecule has 0 heterocycles. The monoisotopic (exact) mass is 372 g/mol. The zero-order valence-electron chi connectivity index (χ0n) is 10.3. The fourth-order valence-corrected chi connectivity index (χ4v) is 2.78. The van der Waals surface area contributed by atoms with Gasteiger partial charge in [-0.15, -0.1) is 0 Å². The lowest BCUT2D eigenvalue weighted by molar-refractivity contribution is 0.100. The third-order valence-corrected chi connectivity index (χ3v) is 4.02. The average molecular weight is 374 g/mol. The number of benzene rings is 2. The number of halogens is 3. The van der Waals surface area contributed by atoms with E-state index >= 15 is 0 Å². The van der Waals surface area contributed by atoms with Gasteiger partial charge in [0.05, 0.1) is 10.6 Å². The Hall–Kier alpha value is -1.23. The summed E-state index contributed by atoms with van der Waals surface area (Å²) in [5.41, 5.74) is 7.38. The molecule has 0 aliphatic rings. The molecule has 0 radical (unpaired) electrons. The molecule has 2 rings (SSSR count). The molecule has 0 atom stereocenters. The second-order valence-corrected chi connectivity index (χ2v) is 5.85. The van der Waals surface area contributed by atoms with Crippen molar-refractivity contribution in [1.29, 1.82) is 0 Å². The van der Waals surface area contributed by atoms with Gasteiger partial charge in [-0.1, -0.05) is 45.2 Å². The van der Waals surface area contributed by atoms with Gasteiger partial charge in [0.15, 0.2) is 0 Å². The number of amides is 1. The van der Waals surface area contributed by atoms with Crippen LogP contribution < -0.4 is 11.1 Å². The first kappa shape index (κ1) is 15.2. The smallest absolute Gasteiger partial charge is 0.250 e. The topological polar surface area (TPSA) is 55.1 Å². The molecule has 3 N–H and O–H groups in total. The van der Waals surface area contributed by atoms with Gasteiger partial charge in [0.25, 0.3) is 0 Å². The lowest BCUT2D eigenvalue weighted by Gasteiger charge is -2.10. The summed E-state index contributed by atoms with van der Waals surface area (Å²) in [6.45, 7) is 0.601. The molecule has 3 nitrogen and oxygen atoms in total. The summed E-state index contributed by atoms with van der Waals surface area (Å²) in [5, 5.41) is 4.23. The molecular formula is C14H11BrCl2N2O. The zero-order chi connectivity index (χ0) is 14.7. The first-order chi connectivity index (χ1) is 9.47. The first-order valence-corrected chi connectivity index (χ1v) is 7.29. The lowest BCUT2D eigenvalue weighted by atomic mass is 10.2. The first-order valence-electron chi connectivity index (χ1n) is 5.74. The highest BCUT2D eigenvalue weighted by molar-refractivity contribution is 9.10. The molecule has 0 spiro atoms. The van der Waals surface area contributed by atoms with E-state index in [-0.39, 0.29) is 0 Å². The highest BCUT2D eigenvalue weighted by atomic mass is 79.9. The normalized spacial score (nSPS) is 10.3. The number of primary amides is 1. The van der Waals surface area contributed by atoms with Crippen molar-refractivity contribution < 1.29 is 4.79 Å². The van der Waals surface area contributed by atoms with Gasteiger partial charge >= 0.3 is 0 Å². The molecule has 0 fully saturated rings. The van der Waals surface area contributed by atoms with Gasteiger partial charge in [0.2, 0.25) is 5.91 Å². The van der Waals surface area contributed by atoms with Crippen molar-refractivity contribution in [3.05, 3.63) is 62.0 Å². The van der Waals surface area contributed by atoms with E-state index in [1.807, 2.05) is 18.2 Å². The minimum atomic E-state index is -0.540. The molecule has 0 aliphatic heterocycles. The van der Waals surface area contributed by atoms with Crippen molar-refractivity contribution in [1.82, 2.24) is 0 Å². The maximum Gasteiger partial charge on any atom is 0.250 e. The van der Waals surface area contributed by atoms with Gasteiger partial charge in [0, 0.05) is 21.7 Å². The molecule has 6 heteroatoms. The molecule has 1 amide bonds. The number of rotatable bonds is 4. The Morgan fingerprint density at radius 3 is 2.55 bits per heavy atom. The van der Waals surface area contributed by atoms with Crippen molar-refractivity contribution in [3.63, 3.8) is 0 Å². The molecule has 2 aromatic carbocycles. The highest BCUT2D eigenvalue weighted by Gasteiger charge is 2.07. The second kappa shape index (κ2) is 6.48. The summed E-state index contributed by atoms with van der Waals surface area (Å²) >= 11 is 15.3. The fourth-order valence-electron chi connectivity index (χ4n) is 1.69. The van der Waals surface area contributed by atoms with E-state index in [2.05, 4.69) is 21.2 Å². The Morgan fingerprint density at radius 1 is 1.20 bits per heavy atom. The van der Waals surface area contributed by atoms with Crippen LogP contribution in [-0.2, 0) is 6.54 Å². The highest BCUT2D eigenvalue weighted by Crippen LogP contribution is 2.24.